The van der Waals surface area contributed by atoms with Crippen LogP contribution in [0.25, 0.3) is 0 Å². The van der Waals surface area contributed by atoms with E-state index in [1.54, 1.807) is 0 Å². The van der Waals surface area contributed by atoms with E-state index in [4.69, 9.17) is 0 Å². The molecule has 0 saturated heterocycles. The van der Waals surface area contributed by atoms with Gasteiger partial charge in [-0.15, -0.1) is 0 Å². The van der Waals surface area contributed by atoms with Crippen LogP contribution in [0.5, 0.6) is 0 Å². The molecule has 0 N–H and O–H groups in total. The quantitative estimate of drug-likeness (QED) is 0.385. The Bertz CT molecular complexity index is 241. The molecule has 16 heavy (non-hydrogen) atoms. The molecule has 9 heteroatoms. The lowest BCUT2D eigenvalue weighted by atomic mass is 10.4. The van der Waals surface area contributed by atoms with Gasteiger partial charge in [0.25, 0.3) is 0 Å². The maximum absolute atomic E-state index is 12.3. The average molecular weight is 268 g/mol. The Morgan fingerprint density at radius 1 is 1.25 bits per heavy atom. The predicted octanol–water partition coefficient (Wildman–Crippen LogP) is 2.39. The lowest BCUT2D eigenvalue weighted by Gasteiger charge is -2.17. The number of rotatable bonds is 8. The van der Waals surface area contributed by atoms with Gasteiger partial charge in [0, 0.05) is 14.2 Å². The fourth-order valence-corrected chi connectivity index (χ4v) is 1.57. The summed E-state index contributed by atoms with van der Waals surface area (Å²) in [5, 5.41) is 0. The van der Waals surface area contributed by atoms with Gasteiger partial charge in [0.1, 0.15) is 6.61 Å². The molecule has 0 unspecified atom stereocenters. The van der Waals surface area contributed by atoms with Gasteiger partial charge in [-0.2, -0.15) is 8.78 Å². The molecule has 0 spiro atoms. The fraction of sp³-hybridized carbons (Fsp3) is 1.00. The van der Waals surface area contributed by atoms with Crippen molar-refractivity contribution in [2.45, 2.75) is 12.3 Å². The minimum Gasteiger partial charge on any atom is -0.374 e. The number of hydrogen-bond donors (Lipinski definition) is 0. The molecule has 0 aromatic heterocycles. The van der Waals surface area contributed by atoms with Crippen LogP contribution < -0.4 is 0 Å². The van der Waals surface area contributed by atoms with Crippen LogP contribution >= 0.6 is 7.60 Å². The van der Waals surface area contributed by atoms with Crippen LogP contribution in [0.15, 0.2) is 0 Å². The first-order chi connectivity index (χ1) is 7.27. The molecule has 0 aromatic rings. The fourth-order valence-electron chi connectivity index (χ4n) is 0.705. The van der Waals surface area contributed by atoms with Crippen LogP contribution in [0.1, 0.15) is 0 Å². The molecule has 0 heterocycles. The largest absolute Gasteiger partial charge is 0.374 e. The second-order valence-electron chi connectivity index (χ2n) is 2.81. The van der Waals surface area contributed by atoms with Crippen LogP contribution in [-0.2, 0) is 18.3 Å². The second-order valence-corrected chi connectivity index (χ2v) is 5.21. The van der Waals surface area contributed by atoms with Crippen molar-refractivity contribution in [3.63, 3.8) is 0 Å². The van der Waals surface area contributed by atoms with E-state index in [0.29, 0.717) is 0 Å². The predicted molar refractivity (Wildman–Crippen MR) is 48.3 cm³/mol. The van der Waals surface area contributed by atoms with Crippen molar-refractivity contribution in [2.75, 3.05) is 33.6 Å². The lowest BCUT2D eigenvalue weighted by molar-refractivity contribution is -0.164. The molecule has 0 amide bonds. The zero-order chi connectivity index (χ0) is 12.8. The summed E-state index contributed by atoms with van der Waals surface area (Å²) in [6.07, 6.45) is -4.07. The highest BCUT2D eigenvalue weighted by atomic mass is 31.2. The van der Waals surface area contributed by atoms with Gasteiger partial charge in [0.2, 0.25) is 0 Å². The topological polar surface area (TPSA) is 44.8 Å². The van der Waals surface area contributed by atoms with Crippen molar-refractivity contribution in [3.05, 3.63) is 0 Å². The van der Waals surface area contributed by atoms with Gasteiger partial charge in [-0.25, -0.2) is 8.78 Å². The molecule has 0 fully saturated rings. The van der Waals surface area contributed by atoms with Crippen molar-refractivity contribution in [3.8, 4) is 0 Å². The maximum atomic E-state index is 12.3. The summed E-state index contributed by atoms with van der Waals surface area (Å²) < 4.78 is 72.6. The van der Waals surface area contributed by atoms with E-state index < -0.39 is 33.2 Å². The summed E-state index contributed by atoms with van der Waals surface area (Å²) in [5.41, 5.74) is 0. The molecule has 0 rings (SSSR count). The average Bonchev–Trinajstić information content (AvgIpc) is 2.24. The van der Waals surface area contributed by atoms with Crippen molar-refractivity contribution in [1.29, 1.82) is 0 Å². The van der Waals surface area contributed by atoms with E-state index in [9.17, 15) is 22.1 Å². The highest BCUT2D eigenvalue weighted by Gasteiger charge is 2.41. The third-order valence-corrected chi connectivity index (χ3v) is 3.52. The second kappa shape index (κ2) is 6.54. The van der Waals surface area contributed by atoms with Gasteiger partial charge in [-0.1, -0.05) is 0 Å². The zero-order valence-electron chi connectivity index (χ0n) is 8.79. The normalized spacial score (nSPS) is 13.4. The van der Waals surface area contributed by atoms with Crippen LogP contribution in [0.4, 0.5) is 17.6 Å². The van der Waals surface area contributed by atoms with E-state index in [0.717, 1.165) is 14.2 Å². The molecule has 0 bridgehead atoms. The van der Waals surface area contributed by atoms with Crippen molar-refractivity contribution < 1.29 is 35.9 Å². The third kappa shape index (κ3) is 5.25. The van der Waals surface area contributed by atoms with Gasteiger partial charge in [0.15, 0.2) is 0 Å². The minimum atomic E-state index is -4.20. The SMILES string of the molecule is COP(=O)(CCOCC(F)(F)C(F)F)OC. The smallest absolute Gasteiger partial charge is 0.332 e. The molecular formula is C7H13F4O4P. The van der Waals surface area contributed by atoms with E-state index in [1.165, 1.54) is 0 Å². The molecule has 98 valence electrons. The van der Waals surface area contributed by atoms with Crippen molar-refractivity contribution >= 4 is 7.60 Å². The number of alkyl halides is 4. The van der Waals surface area contributed by atoms with Gasteiger partial charge in [-0.05, 0) is 0 Å². The monoisotopic (exact) mass is 268 g/mol. The molecule has 0 aliphatic carbocycles. The zero-order valence-corrected chi connectivity index (χ0v) is 9.69. The Labute approximate surface area is 90.4 Å². The summed E-state index contributed by atoms with van der Waals surface area (Å²) in [5.74, 6) is -4.20. The van der Waals surface area contributed by atoms with Gasteiger partial charge >= 0.3 is 19.9 Å². The van der Waals surface area contributed by atoms with Crippen LogP contribution in [-0.4, -0.2) is 45.9 Å². The molecule has 0 aliphatic rings. The molecule has 0 saturated carbocycles. The van der Waals surface area contributed by atoms with Crippen LogP contribution in [0, 0.1) is 0 Å². The summed E-state index contributed by atoms with van der Waals surface area (Å²) in [7, 11) is -1.10. The summed E-state index contributed by atoms with van der Waals surface area (Å²) >= 11 is 0. The third-order valence-electron chi connectivity index (χ3n) is 1.68. The molecule has 0 aliphatic heterocycles. The van der Waals surface area contributed by atoms with Gasteiger partial charge in [0.05, 0.1) is 12.8 Å². The minimum absolute atomic E-state index is 0.278. The van der Waals surface area contributed by atoms with Gasteiger partial charge in [-0.3, -0.25) is 4.57 Å². The van der Waals surface area contributed by atoms with E-state index in [1.807, 2.05) is 0 Å². The first-order valence-electron chi connectivity index (χ1n) is 4.21. The highest BCUT2D eigenvalue weighted by Crippen LogP contribution is 2.45. The summed E-state index contributed by atoms with van der Waals surface area (Å²) in [6, 6.07) is 0. The number of halogens is 4. The molecule has 4 nitrogen and oxygen atoms in total. The lowest BCUT2D eigenvalue weighted by Crippen LogP contribution is -2.32. The maximum Gasteiger partial charge on any atom is 0.332 e. The van der Waals surface area contributed by atoms with E-state index in [2.05, 4.69) is 13.8 Å². The molecular weight excluding hydrogens is 255 g/mol. The Hall–Kier alpha value is -0.170. The number of ether oxygens (including phenoxy) is 1. The number of hydrogen-bond acceptors (Lipinski definition) is 4. The highest BCUT2D eigenvalue weighted by molar-refractivity contribution is 7.53. The summed E-state index contributed by atoms with van der Waals surface area (Å²) in [6.45, 7) is -1.85. The standard InChI is InChI=1S/C7H13F4O4P/c1-13-16(12,14-2)4-3-15-5-7(10,11)6(8)9/h6H,3-5H2,1-2H3. The Morgan fingerprint density at radius 2 is 1.75 bits per heavy atom. The van der Waals surface area contributed by atoms with E-state index >= 15 is 0 Å². The van der Waals surface area contributed by atoms with Crippen LogP contribution in [0.3, 0.4) is 0 Å². The van der Waals surface area contributed by atoms with Crippen molar-refractivity contribution in [2.24, 2.45) is 0 Å². The Balaban J connectivity index is 3.89. The summed E-state index contributed by atoms with van der Waals surface area (Å²) in [4.78, 5) is 0. The first kappa shape index (κ1) is 15.8. The van der Waals surface area contributed by atoms with E-state index in [-0.39, 0.29) is 6.16 Å². The van der Waals surface area contributed by atoms with Gasteiger partial charge < -0.3 is 13.8 Å². The van der Waals surface area contributed by atoms with Crippen molar-refractivity contribution in [1.82, 2.24) is 0 Å². The first-order valence-corrected chi connectivity index (χ1v) is 5.94. The molecule has 0 radical (unpaired) electrons. The molecule has 0 aromatic carbocycles. The Kier molecular flexibility index (Phi) is 6.47. The van der Waals surface area contributed by atoms with Crippen LogP contribution in [0.2, 0.25) is 0 Å². The Morgan fingerprint density at radius 3 is 2.12 bits per heavy atom. The molecule has 0 atom stereocenters.